The maximum absolute atomic E-state index is 11.8. The number of carbonyl (C=O) groups excluding carboxylic acids is 2. The summed E-state index contributed by atoms with van der Waals surface area (Å²) in [6.07, 6.45) is 7.30. The van der Waals surface area contributed by atoms with Gasteiger partial charge >= 0.3 is 11.9 Å². The smallest absolute Gasteiger partial charge is 0.333 e. The Balaban J connectivity index is 2.28. The molecule has 0 aliphatic carbocycles. The van der Waals surface area contributed by atoms with Gasteiger partial charge in [-0.05, 0) is 24.5 Å². The van der Waals surface area contributed by atoms with Crippen LogP contribution in [0.4, 0.5) is 0 Å². The maximum atomic E-state index is 11.8. The van der Waals surface area contributed by atoms with Gasteiger partial charge in [0.05, 0.1) is 0 Å². The molecule has 0 aromatic heterocycles. The van der Waals surface area contributed by atoms with Crippen molar-refractivity contribution in [2.24, 2.45) is 0 Å². The molecule has 1 aromatic carbocycles. The molecule has 0 heterocycles. The highest BCUT2D eigenvalue weighted by atomic mass is 16.6. The molecule has 0 amide bonds. The monoisotopic (exact) mass is 316 g/mol. The number of allylic oxidation sites excluding steroid dienone is 1. The van der Waals surface area contributed by atoms with Crippen molar-refractivity contribution in [1.29, 1.82) is 0 Å². The fourth-order valence-electron chi connectivity index (χ4n) is 1.95. The summed E-state index contributed by atoms with van der Waals surface area (Å²) in [6.45, 7) is 4.10. The molecular formula is C19H24O4. The van der Waals surface area contributed by atoms with Gasteiger partial charge in [0.2, 0.25) is 0 Å². The predicted octanol–water partition coefficient (Wildman–Crippen LogP) is 3.92. The average Bonchev–Trinajstić information content (AvgIpc) is 2.57. The van der Waals surface area contributed by atoms with Gasteiger partial charge in [-0.25, -0.2) is 9.59 Å². The van der Waals surface area contributed by atoms with E-state index in [4.69, 9.17) is 9.47 Å². The Morgan fingerprint density at radius 3 is 2.39 bits per heavy atom. The van der Waals surface area contributed by atoms with Gasteiger partial charge in [-0.3, -0.25) is 0 Å². The van der Waals surface area contributed by atoms with Gasteiger partial charge in [-0.15, -0.1) is 0 Å². The molecule has 0 unspecified atom stereocenters. The summed E-state index contributed by atoms with van der Waals surface area (Å²) in [5.74, 6) is -0.785. The highest BCUT2D eigenvalue weighted by Crippen LogP contribution is 2.08. The molecule has 0 atom stereocenters. The van der Waals surface area contributed by atoms with Crippen LogP contribution in [-0.2, 0) is 19.1 Å². The zero-order valence-electron chi connectivity index (χ0n) is 13.8. The van der Waals surface area contributed by atoms with E-state index in [1.54, 1.807) is 6.08 Å². The molecule has 0 N–H and O–H groups in total. The van der Waals surface area contributed by atoms with Crippen LogP contribution in [0.5, 0.6) is 0 Å². The molecule has 0 radical (unpaired) electrons. The van der Waals surface area contributed by atoms with E-state index in [0.717, 1.165) is 18.4 Å². The minimum atomic E-state index is -0.456. The van der Waals surface area contributed by atoms with E-state index in [9.17, 15) is 9.59 Å². The van der Waals surface area contributed by atoms with Crippen LogP contribution in [0.2, 0.25) is 0 Å². The molecule has 0 aliphatic heterocycles. The van der Waals surface area contributed by atoms with Crippen molar-refractivity contribution in [3.8, 4) is 0 Å². The highest BCUT2D eigenvalue weighted by molar-refractivity contribution is 5.88. The fourth-order valence-corrected chi connectivity index (χ4v) is 1.95. The lowest BCUT2D eigenvalue weighted by atomic mass is 10.1. The van der Waals surface area contributed by atoms with Crippen LogP contribution >= 0.6 is 0 Å². The minimum Gasteiger partial charge on any atom is -0.459 e. The second kappa shape index (κ2) is 11.2. The van der Waals surface area contributed by atoms with E-state index < -0.39 is 5.97 Å². The fraction of sp³-hybridized carbons (Fsp3) is 0.368. The van der Waals surface area contributed by atoms with Crippen molar-refractivity contribution in [2.45, 2.75) is 33.1 Å². The lowest BCUT2D eigenvalue weighted by Crippen LogP contribution is -2.14. The molecule has 4 nitrogen and oxygen atoms in total. The quantitative estimate of drug-likeness (QED) is 0.393. The van der Waals surface area contributed by atoms with Gasteiger partial charge in [0.1, 0.15) is 13.2 Å². The van der Waals surface area contributed by atoms with E-state index in [1.807, 2.05) is 50.3 Å². The molecule has 4 heteroatoms. The summed E-state index contributed by atoms with van der Waals surface area (Å²) in [7, 11) is 0. The van der Waals surface area contributed by atoms with Gasteiger partial charge in [-0.2, -0.15) is 0 Å². The molecule has 0 aliphatic rings. The second-order valence-corrected chi connectivity index (χ2v) is 4.94. The topological polar surface area (TPSA) is 52.6 Å². The van der Waals surface area contributed by atoms with Crippen LogP contribution in [-0.4, -0.2) is 25.2 Å². The Labute approximate surface area is 137 Å². The average molecular weight is 316 g/mol. The highest BCUT2D eigenvalue weighted by Gasteiger charge is 2.09. The summed E-state index contributed by atoms with van der Waals surface area (Å²) in [5.41, 5.74) is 1.61. The van der Waals surface area contributed by atoms with Crippen molar-refractivity contribution in [1.82, 2.24) is 0 Å². The summed E-state index contributed by atoms with van der Waals surface area (Å²) in [6, 6.07) is 9.47. The van der Waals surface area contributed by atoms with Crippen molar-refractivity contribution >= 4 is 18.0 Å². The molecular weight excluding hydrogens is 292 g/mol. The van der Waals surface area contributed by atoms with Gasteiger partial charge in [0, 0.05) is 11.6 Å². The zero-order chi connectivity index (χ0) is 16.9. The van der Waals surface area contributed by atoms with Gasteiger partial charge in [-0.1, -0.05) is 56.7 Å². The summed E-state index contributed by atoms with van der Waals surface area (Å²) in [4.78, 5) is 23.4. The minimum absolute atomic E-state index is 0.0508. The third-order valence-corrected chi connectivity index (χ3v) is 3.00. The molecule has 0 saturated carbocycles. The maximum Gasteiger partial charge on any atom is 0.333 e. The Kier molecular flexibility index (Phi) is 9.13. The van der Waals surface area contributed by atoms with Gasteiger partial charge < -0.3 is 9.47 Å². The van der Waals surface area contributed by atoms with Crippen LogP contribution in [0, 0.1) is 0 Å². The lowest BCUT2D eigenvalue weighted by Gasteiger charge is -2.07. The molecule has 23 heavy (non-hydrogen) atoms. The van der Waals surface area contributed by atoms with Crippen molar-refractivity contribution in [2.75, 3.05) is 13.2 Å². The third kappa shape index (κ3) is 8.00. The number of benzene rings is 1. The molecule has 0 fully saturated rings. The second-order valence-electron chi connectivity index (χ2n) is 4.94. The molecule has 0 bridgehead atoms. The first-order valence-corrected chi connectivity index (χ1v) is 7.93. The van der Waals surface area contributed by atoms with E-state index in [1.165, 1.54) is 6.08 Å². The van der Waals surface area contributed by atoms with Crippen molar-refractivity contribution in [3.05, 3.63) is 53.6 Å². The van der Waals surface area contributed by atoms with E-state index >= 15 is 0 Å². The number of esters is 2. The first-order valence-electron chi connectivity index (χ1n) is 7.93. The summed E-state index contributed by atoms with van der Waals surface area (Å²) >= 11 is 0. The lowest BCUT2D eigenvalue weighted by molar-refractivity contribution is -0.146. The van der Waals surface area contributed by atoms with E-state index in [-0.39, 0.29) is 19.2 Å². The SMILES string of the molecule is CC/C=C(\CCC)C(=O)OCCOC(=O)C=Cc1ccccc1. The molecule has 0 saturated heterocycles. The number of ether oxygens (including phenoxy) is 2. The van der Waals surface area contributed by atoms with Crippen LogP contribution in [0.3, 0.4) is 0 Å². The van der Waals surface area contributed by atoms with E-state index in [2.05, 4.69) is 0 Å². The van der Waals surface area contributed by atoms with Crippen molar-refractivity contribution < 1.29 is 19.1 Å². The Morgan fingerprint density at radius 1 is 1.04 bits per heavy atom. The standard InChI is InChI=1S/C19H24O4/c1-3-8-17(9-4-2)19(21)23-15-14-22-18(20)13-12-16-10-6-5-7-11-16/h5-8,10-13H,3-4,9,14-15H2,1-2H3/b13-12?,17-8+. The number of rotatable bonds is 9. The van der Waals surface area contributed by atoms with Gasteiger partial charge in [0.15, 0.2) is 0 Å². The zero-order valence-corrected chi connectivity index (χ0v) is 13.8. The predicted molar refractivity (Wildman–Crippen MR) is 90.7 cm³/mol. The molecule has 1 rings (SSSR count). The summed E-state index contributed by atoms with van der Waals surface area (Å²) in [5, 5.41) is 0. The molecule has 0 spiro atoms. The molecule has 124 valence electrons. The van der Waals surface area contributed by atoms with Crippen LogP contribution in [0.1, 0.15) is 38.7 Å². The van der Waals surface area contributed by atoms with Crippen LogP contribution < -0.4 is 0 Å². The van der Waals surface area contributed by atoms with Crippen LogP contribution in [0.15, 0.2) is 48.1 Å². The largest absolute Gasteiger partial charge is 0.459 e. The van der Waals surface area contributed by atoms with Gasteiger partial charge in [0.25, 0.3) is 0 Å². The first-order chi connectivity index (χ1) is 11.2. The van der Waals surface area contributed by atoms with Crippen LogP contribution in [0.25, 0.3) is 6.08 Å². The third-order valence-electron chi connectivity index (χ3n) is 3.00. The molecule has 1 aromatic rings. The number of hydrogen-bond donors (Lipinski definition) is 0. The summed E-state index contributed by atoms with van der Waals surface area (Å²) < 4.78 is 10.1. The number of hydrogen-bond acceptors (Lipinski definition) is 4. The van der Waals surface area contributed by atoms with Crippen molar-refractivity contribution in [3.63, 3.8) is 0 Å². The Hall–Kier alpha value is -2.36. The van der Waals surface area contributed by atoms with E-state index in [0.29, 0.717) is 12.0 Å². The Bertz CT molecular complexity index is 544. The first kappa shape index (κ1) is 18.7. The number of carbonyl (C=O) groups is 2. The Morgan fingerprint density at radius 2 is 1.74 bits per heavy atom. The normalized spacial score (nSPS) is 11.5.